The number of nitrogens with one attached hydrogen (secondary N) is 1. The standard InChI is InChI=1S/C30H33BrClN5O6S/c1-4-41-23-15-20(14-21(31)27(23)43-16-24(38)36-10-12-40-13-11-36)26-25(28(39)42-5-2)18(3)33-29-34-30(35-37(26)29)44-17-19-8-6-7-9-22(19)32/h6-9,14-15,26H,4-5,10-13,16-17H2,1-3H3,(H,33,34,35). The number of amides is 1. The smallest absolute Gasteiger partial charge is 0.338 e. The van der Waals surface area contributed by atoms with Gasteiger partial charge in [-0.15, -0.1) is 5.10 Å². The Bertz CT molecular complexity index is 1560. The summed E-state index contributed by atoms with van der Waals surface area (Å²) in [5, 5.41) is 9.20. The highest BCUT2D eigenvalue weighted by Gasteiger charge is 2.36. The maximum absolute atomic E-state index is 13.3. The fourth-order valence-corrected chi connectivity index (χ4v) is 6.61. The van der Waals surface area contributed by atoms with E-state index in [-0.39, 0.29) is 19.1 Å². The second kappa shape index (κ2) is 14.7. The van der Waals surface area contributed by atoms with Gasteiger partial charge in [0.25, 0.3) is 5.91 Å². The molecule has 0 saturated carbocycles. The number of anilines is 1. The normalized spacial score (nSPS) is 16.3. The van der Waals surface area contributed by atoms with Crippen molar-refractivity contribution in [2.75, 3.05) is 51.4 Å². The van der Waals surface area contributed by atoms with Crippen LogP contribution in [0, 0.1) is 0 Å². The third-order valence-corrected chi connectivity index (χ3v) is 8.84. The number of esters is 1. The molecule has 1 fully saturated rings. The first-order valence-corrected chi connectivity index (χ1v) is 16.4. The molecule has 44 heavy (non-hydrogen) atoms. The Morgan fingerprint density at radius 2 is 1.93 bits per heavy atom. The fraction of sp³-hybridized carbons (Fsp3) is 0.400. The molecule has 2 aliphatic heterocycles. The molecule has 1 unspecified atom stereocenters. The van der Waals surface area contributed by atoms with Crippen LogP contribution in [0.1, 0.15) is 37.9 Å². The molecule has 0 aliphatic carbocycles. The van der Waals surface area contributed by atoms with Gasteiger partial charge in [-0.2, -0.15) is 4.98 Å². The molecule has 234 valence electrons. The molecule has 1 atom stereocenters. The maximum atomic E-state index is 13.3. The van der Waals surface area contributed by atoms with Gasteiger partial charge in [0.2, 0.25) is 11.1 Å². The van der Waals surface area contributed by atoms with E-state index < -0.39 is 12.0 Å². The third-order valence-electron chi connectivity index (χ3n) is 6.99. The number of allylic oxidation sites excluding steroid dienone is 1. The summed E-state index contributed by atoms with van der Waals surface area (Å²) in [4.78, 5) is 32.5. The molecule has 1 aromatic heterocycles. The maximum Gasteiger partial charge on any atom is 0.338 e. The number of hydrogen-bond donors (Lipinski definition) is 1. The zero-order chi connectivity index (χ0) is 31.2. The van der Waals surface area contributed by atoms with E-state index in [1.165, 1.54) is 11.8 Å². The number of nitrogens with zero attached hydrogens (tertiary/aromatic N) is 4. The Labute approximate surface area is 273 Å². The fourth-order valence-electron chi connectivity index (χ4n) is 4.92. The number of fused-ring (bicyclic) bond motifs is 1. The van der Waals surface area contributed by atoms with Crippen molar-refractivity contribution in [2.45, 2.75) is 37.7 Å². The third kappa shape index (κ3) is 7.17. The highest BCUT2D eigenvalue weighted by atomic mass is 79.9. The van der Waals surface area contributed by atoms with E-state index in [9.17, 15) is 9.59 Å². The number of rotatable bonds is 11. The van der Waals surface area contributed by atoms with Gasteiger partial charge in [0.1, 0.15) is 6.04 Å². The molecule has 0 radical (unpaired) electrons. The minimum absolute atomic E-state index is 0.137. The molecule has 2 aromatic carbocycles. The second-order valence-corrected chi connectivity index (χ2v) is 12.1. The van der Waals surface area contributed by atoms with Gasteiger partial charge in [-0.3, -0.25) is 4.79 Å². The molecule has 1 saturated heterocycles. The van der Waals surface area contributed by atoms with Crippen LogP contribution in [0.3, 0.4) is 0 Å². The van der Waals surface area contributed by atoms with Crippen LogP contribution in [-0.2, 0) is 24.8 Å². The van der Waals surface area contributed by atoms with E-state index in [0.29, 0.717) is 87.6 Å². The van der Waals surface area contributed by atoms with Gasteiger partial charge in [-0.05, 0) is 66.0 Å². The summed E-state index contributed by atoms with van der Waals surface area (Å²) in [6.07, 6.45) is 0. The van der Waals surface area contributed by atoms with Crippen molar-refractivity contribution < 1.29 is 28.5 Å². The van der Waals surface area contributed by atoms with Crippen molar-refractivity contribution >= 4 is 57.1 Å². The Morgan fingerprint density at radius 1 is 1.16 bits per heavy atom. The van der Waals surface area contributed by atoms with E-state index in [1.807, 2.05) is 37.3 Å². The van der Waals surface area contributed by atoms with Crippen molar-refractivity contribution in [3.05, 3.63) is 68.3 Å². The lowest BCUT2D eigenvalue weighted by Gasteiger charge is -2.29. The number of hydrogen-bond acceptors (Lipinski definition) is 10. The lowest BCUT2D eigenvalue weighted by molar-refractivity contribution is -0.139. The first-order valence-electron chi connectivity index (χ1n) is 14.2. The lowest BCUT2D eigenvalue weighted by atomic mass is 9.95. The van der Waals surface area contributed by atoms with Gasteiger partial charge < -0.3 is 29.2 Å². The highest BCUT2D eigenvalue weighted by molar-refractivity contribution is 9.10. The number of thioether (sulfide) groups is 1. The van der Waals surface area contributed by atoms with Gasteiger partial charge >= 0.3 is 5.97 Å². The Morgan fingerprint density at radius 3 is 2.66 bits per heavy atom. The molecule has 0 spiro atoms. The van der Waals surface area contributed by atoms with E-state index in [4.69, 9.17) is 40.6 Å². The van der Waals surface area contributed by atoms with Crippen LogP contribution in [0.4, 0.5) is 5.95 Å². The van der Waals surface area contributed by atoms with E-state index in [0.717, 1.165) is 5.56 Å². The number of carbonyl (C=O) groups is 2. The molecule has 1 N–H and O–H groups in total. The van der Waals surface area contributed by atoms with Gasteiger partial charge in [0.05, 0.1) is 36.5 Å². The number of ether oxygens (including phenoxy) is 4. The molecule has 5 rings (SSSR count). The van der Waals surface area contributed by atoms with Crippen molar-refractivity contribution in [2.24, 2.45) is 0 Å². The van der Waals surface area contributed by atoms with Crippen molar-refractivity contribution in [3.63, 3.8) is 0 Å². The van der Waals surface area contributed by atoms with Crippen LogP contribution in [0.5, 0.6) is 11.5 Å². The van der Waals surface area contributed by atoms with Crippen LogP contribution in [-0.4, -0.2) is 77.7 Å². The predicted molar refractivity (Wildman–Crippen MR) is 170 cm³/mol. The number of halogens is 2. The summed E-state index contributed by atoms with van der Waals surface area (Å²) in [7, 11) is 0. The summed E-state index contributed by atoms with van der Waals surface area (Å²) in [6.45, 7) is 7.90. The molecular weight excluding hydrogens is 674 g/mol. The van der Waals surface area contributed by atoms with Crippen LogP contribution >= 0.6 is 39.3 Å². The molecule has 0 bridgehead atoms. The summed E-state index contributed by atoms with van der Waals surface area (Å²) in [5.74, 6) is 1.25. The summed E-state index contributed by atoms with van der Waals surface area (Å²) >= 11 is 11.4. The van der Waals surface area contributed by atoms with E-state index in [1.54, 1.807) is 29.5 Å². The summed E-state index contributed by atoms with van der Waals surface area (Å²) in [5.41, 5.74) is 2.63. The first kappa shape index (κ1) is 32.1. The molecular formula is C30H33BrClN5O6S. The van der Waals surface area contributed by atoms with Gasteiger partial charge in [-0.25, -0.2) is 9.48 Å². The SMILES string of the molecule is CCOC(=O)C1=C(C)Nc2nc(SCc3ccccc3Cl)nn2C1c1cc(Br)c(OCC(=O)N2CCOCC2)c(OCC)c1. The summed E-state index contributed by atoms with van der Waals surface area (Å²) < 4.78 is 25.0. The monoisotopic (exact) mass is 705 g/mol. The highest BCUT2D eigenvalue weighted by Crippen LogP contribution is 2.43. The Hall–Kier alpha value is -3.26. The Kier molecular flexibility index (Phi) is 10.7. The van der Waals surface area contributed by atoms with Gasteiger partial charge in [0.15, 0.2) is 18.1 Å². The number of benzene rings is 2. The quantitative estimate of drug-likeness (QED) is 0.203. The molecule has 2 aliphatic rings. The number of aromatic nitrogens is 3. The molecule has 3 heterocycles. The second-order valence-electron chi connectivity index (χ2n) is 9.87. The van der Waals surface area contributed by atoms with Crippen molar-refractivity contribution in [1.29, 1.82) is 0 Å². The first-order chi connectivity index (χ1) is 21.3. The molecule has 14 heteroatoms. The van der Waals surface area contributed by atoms with Gasteiger partial charge in [0, 0.05) is 29.6 Å². The largest absolute Gasteiger partial charge is 0.490 e. The van der Waals surface area contributed by atoms with Crippen LogP contribution in [0.25, 0.3) is 0 Å². The average Bonchev–Trinajstić information content (AvgIpc) is 3.42. The predicted octanol–water partition coefficient (Wildman–Crippen LogP) is 5.47. The number of carbonyl (C=O) groups excluding carboxylic acids is 2. The van der Waals surface area contributed by atoms with Crippen LogP contribution < -0.4 is 14.8 Å². The lowest BCUT2D eigenvalue weighted by Crippen LogP contribution is -2.43. The van der Waals surface area contributed by atoms with Gasteiger partial charge in [-0.1, -0.05) is 41.6 Å². The Balaban J connectivity index is 1.48. The average molecular weight is 707 g/mol. The van der Waals surface area contributed by atoms with Crippen LogP contribution in [0.2, 0.25) is 5.02 Å². The topological polar surface area (TPSA) is 117 Å². The van der Waals surface area contributed by atoms with Crippen LogP contribution in [0.15, 0.2) is 57.3 Å². The zero-order valence-corrected chi connectivity index (χ0v) is 27.8. The number of morpholine rings is 1. The molecule has 11 nitrogen and oxygen atoms in total. The minimum Gasteiger partial charge on any atom is -0.490 e. The minimum atomic E-state index is -0.688. The van der Waals surface area contributed by atoms with E-state index in [2.05, 4.69) is 21.2 Å². The van der Waals surface area contributed by atoms with E-state index >= 15 is 0 Å². The van der Waals surface area contributed by atoms with Crippen molar-refractivity contribution in [1.82, 2.24) is 19.7 Å². The summed E-state index contributed by atoms with van der Waals surface area (Å²) in [6, 6.07) is 10.6. The molecule has 1 amide bonds. The zero-order valence-electron chi connectivity index (χ0n) is 24.6. The molecule has 3 aromatic rings. The van der Waals surface area contributed by atoms with Crippen molar-refractivity contribution in [3.8, 4) is 11.5 Å².